The van der Waals surface area contributed by atoms with Crippen LogP contribution in [0.25, 0.3) is 11.1 Å². The van der Waals surface area contributed by atoms with Crippen molar-refractivity contribution in [3.8, 4) is 16.9 Å². The molecular weight excluding hydrogens is 395 g/mol. The highest BCUT2D eigenvalue weighted by atomic mass is 19.4. The Morgan fingerprint density at radius 1 is 1.17 bits per heavy atom. The van der Waals surface area contributed by atoms with Gasteiger partial charge >= 0.3 is 6.18 Å². The molecule has 0 spiro atoms. The van der Waals surface area contributed by atoms with Crippen molar-refractivity contribution in [1.29, 1.82) is 0 Å². The van der Waals surface area contributed by atoms with E-state index in [4.69, 9.17) is 0 Å². The maximum atomic E-state index is 12.8. The van der Waals surface area contributed by atoms with Crippen LogP contribution in [0.4, 0.5) is 13.2 Å². The standard InChI is InChI=1S/C22H26F3N3O2/c1-14(2)17-10-18(13-27-6-8-28(9-7-27)15(3)29)21(30)19(11-17)16-4-5-20(26-12-16)22(23,24)25/h4-5,10-12,14,30H,6-9,13H2,1-3H3. The van der Waals surface area contributed by atoms with Gasteiger partial charge in [-0.1, -0.05) is 26.0 Å². The van der Waals surface area contributed by atoms with Crippen LogP contribution in [0.3, 0.4) is 0 Å². The Bertz CT molecular complexity index is 903. The molecule has 1 aliphatic rings. The number of pyridine rings is 1. The second-order valence-electron chi connectivity index (χ2n) is 7.94. The Morgan fingerprint density at radius 3 is 2.33 bits per heavy atom. The Hall–Kier alpha value is -2.61. The number of rotatable bonds is 4. The van der Waals surface area contributed by atoms with E-state index >= 15 is 0 Å². The molecule has 0 bridgehead atoms. The van der Waals surface area contributed by atoms with Gasteiger partial charge in [0.2, 0.25) is 5.91 Å². The summed E-state index contributed by atoms with van der Waals surface area (Å²) in [4.78, 5) is 19.0. The number of phenolic OH excluding ortho intramolecular Hbond substituents is 1. The molecule has 1 aliphatic heterocycles. The van der Waals surface area contributed by atoms with E-state index < -0.39 is 11.9 Å². The number of halogens is 3. The molecule has 2 heterocycles. The summed E-state index contributed by atoms with van der Waals surface area (Å²) in [6.45, 7) is 8.76. The van der Waals surface area contributed by atoms with Gasteiger partial charge in [-0.05, 0) is 23.6 Å². The maximum Gasteiger partial charge on any atom is 0.433 e. The van der Waals surface area contributed by atoms with Crippen LogP contribution in [0.15, 0.2) is 30.5 Å². The van der Waals surface area contributed by atoms with Gasteiger partial charge < -0.3 is 10.0 Å². The molecule has 0 saturated carbocycles. The summed E-state index contributed by atoms with van der Waals surface area (Å²) in [7, 11) is 0. The largest absolute Gasteiger partial charge is 0.507 e. The van der Waals surface area contributed by atoms with Gasteiger partial charge in [-0.3, -0.25) is 14.7 Å². The average molecular weight is 421 g/mol. The molecule has 0 aliphatic carbocycles. The molecule has 8 heteroatoms. The molecule has 1 aromatic carbocycles. The van der Waals surface area contributed by atoms with Gasteiger partial charge in [0.25, 0.3) is 0 Å². The van der Waals surface area contributed by atoms with Gasteiger partial charge in [-0.2, -0.15) is 13.2 Å². The normalized spacial score (nSPS) is 15.6. The first kappa shape index (κ1) is 22.1. The fourth-order valence-corrected chi connectivity index (χ4v) is 3.58. The van der Waals surface area contributed by atoms with E-state index in [0.717, 1.165) is 17.8 Å². The molecular formula is C22H26F3N3O2. The van der Waals surface area contributed by atoms with E-state index in [1.807, 2.05) is 26.0 Å². The van der Waals surface area contributed by atoms with Gasteiger partial charge in [0, 0.05) is 62.5 Å². The van der Waals surface area contributed by atoms with E-state index in [1.165, 1.54) is 6.07 Å². The summed E-state index contributed by atoms with van der Waals surface area (Å²) in [5.41, 5.74) is 1.65. The lowest BCUT2D eigenvalue weighted by atomic mass is 9.93. The summed E-state index contributed by atoms with van der Waals surface area (Å²) in [6.07, 6.45) is -3.36. The maximum absolute atomic E-state index is 12.8. The number of nitrogens with zero attached hydrogens (tertiary/aromatic N) is 3. The van der Waals surface area contributed by atoms with Crippen LogP contribution in [0, 0.1) is 0 Å². The summed E-state index contributed by atoms with van der Waals surface area (Å²) in [5, 5.41) is 10.9. The number of aromatic hydroxyl groups is 1. The third-order valence-electron chi connectivity index (χ3n) is 5.45. The highest BCUT2D eigenvalue weighted by Crippen LogP contribution is 2.37. The number of aromatic nitrogens is 1. The van der Waals surface area contributed by atoms with Crippen LogP contribution in [0.1, 0.15) is 43.5 Å². The number of hydrogen-bond acceptors (Lipinski definition) is 4. The van der Waals surface area contributed by atoms with Crippen LogP contribution in [-0.2, 0) is 17.5 Å². The number of piperazine rings is 1. The number of carbonyl (C=O) groups excluding carboxylic acids is 1. The predicted molar refractivity (Wildman–Crippen MR) is 108 cm³/mol. The molecule has 1 amide bonds. The quantitative estimate of drug-likeness (QED) is 0.802. The third-order valence-corrected chi connectivity index (χ3v) is 5.45. The van der Waals surface area contributed by atoms with Gasteiger partial charge in [0.05, 0.1) is 0 Å². The van der Waals surface area contributed by atoms with Crippen molar-refractivity contribution in [3.05, 3.63) is 47.3 Å². The zero-order chi connectivity index (χ0) is 22.1. The van der Waals surface area contributed by atoms with E-state index in [0.29, 0.717) is 49.4 Å². The highest BCUT2D eigenvalue weighted by molar-refractivity contribution is 5.73. The van der Waals surface area contributed by atoms with E-state index in [-0.39, 0.29) is 17.6 Å². The molecule has 2 aromatic rings. The minimum absolute atomic E-state index is 0.0509. The molecule has 1 fully saturated rings. The lowest BCUT2D eigenvalue weighted by molar-refractivity contribution is -0.141. The smallest absolute Gasteiger partial charge is 0.433 e. The summed E-state index contributed by atoms with van der Waals surface area (Å²) in [5.74, 6) is 0.284. The fourth-order valence-electron chi connectivity index (χ4n) is 3.58. The van der Waals surface area contributed by atoms with Crippen molar-refractivity contribution in [2.45, 2.75) is 39.4 Å². The fraction of sp³-hybridized carbons (Fsp3) is 0.455. The van der Waals surface area contributed by atoms with Crippen LogP contribution in [0.5, 0.6) is 5.75 Å². The number of carbonyl (C=O) groups is 1. The SMILES string of the molecule is CC(=O)N1CCN(Cc2cc(C(C)C)cc(-c3ccc(C(F)(F)F)nc3)c2O)CC1. The number of hydrogen-bond donors (Lipinski definition) is 1. The van der Waals surface area contributed by atoms with Crippen molar-refractivity contribution < 1.29 is 23.1 Å². The lowest BCUT2D eigenvalue weighted by Gasteiger charge is -2.34. The Kier molecular flexibility index (Phi) is 6.36. The number of phenols is 1. The summed E-state index contributed by atoms with van der Waals surface area (Å²) >= 11 is 0. The monoisotopic (exact) mass is 421 g/mol. The molecule has 0 radical (unpaired) electrons. The first-order valence-corrected chi connectivity index (χ1v) is 9.93. The van der Waals surface area contributed by atoms with Crippen LogP contribution in [-0.4, -0.2) is 52.0 Å². The van der Waals surface area contributed by atoms with Crippen LogP contribution < -0.4 is 0 Å². The number of alkyl halides is 3. The molecule has 5 nitrogen and oxygen atoms in total. The molecule has 0 atom stereocenters. The first-order chi connectivity index (χ1) is 14.1. The van der Waals surface area contributed by atoms with Gasteiger partial charge in [-0.15, -0.1) is 0 Å². The highest BCUT2D eigenvalue weighted by Gasteiger charge is 2.32. The van der Waals surface area contributed by atoms with Crippen molar-refractivity contribution in [2.24, 2.45) is 0 Å². The molecule has 1 saturated heterocycles. The summed E-state index contributed by atoms with van der Waals surface area (Å²) in [6, 6.07) is 6.02. The second kappa shape index (κ2) is 8.63. The molecule has 1 N–H and O–H groups in total. The van der Waals surface area contributed by atoms with E-state index in [1.54, 1.807) is 11.8 Å². The zero-order valence-electron chi connectivity index (χ0n) is 17.3. The van der Waals surface area contributed by atoms with Crippen LogP contribution in [0.2, 0.25) is 0 Å². The molecule has 162 valence electrons. The average Bonchev–Trinajstić information content (AvgIpc) is 2.69. The summed E-state index contributed by atoms with van der Waals surface area (Å²) < 4.78 is 38.5. The van der Waals surface area contributed by atoms with E-state index in [9.17, 15) is 23.1 Å². The topological polar surface area (TPSA) is 56.7 Å². The van der Waals surface area contributed by atoms with E-state index in [2.05, 4.69) is 9.88 Å². The lowest BCUT2D eigenvalue weighted by Crippen LogP contribution is -2.47. The number of amides is 1. The molecule has 0 unspecified atom stereocenters. The Labute approximate surface area is 174 Å². The van der Waals surface area contributed by atoms with Crippen molar-refractivity contribution in [1.82, 2.24) is 14.8 Å². The van der Waals surface area contributed by atoms with Gasteiger partial charge in [0.15, 0.2) is 0 Å². The third kappa shape index (κ3) is 4.92. The zero-order valence-corrected chi connectivity index (χ0v) is 17.3. The van der Waals surface area contributed by atoms with Gasteiger partial charge in [-0.25, -0.2) is 0 Å². The molecule has 30 heavy (non-hydrogen) atoms. The van der Waals surface area contributed by atoms with Crippen molar-refractivity contribution in [3.63, 3.8) is 0 Å². The molecule has 1 aromatic heterocycles. The Morgan fingerprint density at radius 2 is 1.83 bits per heavy atom. The van der Waals surface area contributed by atoms with Crippen LogP contribution >= 0.6 is 0 Å². The minimum atomic E-state index is -4.51. The van der Waals surface area contributed by atoms with Crippen molar-refractivity contribution >= 4 is 5.91 Å². The van der Waals surface area contributed by atoms with Gasteiger partial charge in [0.1, 0.15) is 11.4 Å². The number of benzene rings is 1. The predicted octanol–water partition coefficient (Wildman–Crippen LogP) is 4.26. The second-order valence-corrected chi connectivity index (χ2v) is 7.94. The minimum Gasteiger partial charge on any atom is -0.507 e. The Balaban J connectivity index is 1.90. The molecule has 3 rings (SSSR count). The first-order valence-electron chi connectivity index (χ1n) is 9.93. The van der Waals surface area contributed by atoms with Crippen molar-refractivity contribution in [2.75, 3.05) is 26.2 Å².